The molecule has 1 unspecified atom stereocenters. The van der Waals surface area contributed by atoms with E-state index in [2.05, 4.69) is 55.8 Å². The lowest BCUT2D eigenvalue weighted by atomic mass is 10.1. The zero-order chi connectivity index (χ0) is 19.1. The molecular formula is C21H32IN5O. The van der Waals surface area contributed by atoms with E-state index >= 15 is 0 Å². The van der Waals surface area contributed by atoms with E-state index in [1.54, 1.807) is 7.05 Å². The summed E-state index contributed by atoms with van der Waals surface area (Å²) in [4.78, 5) is 11.3. The Hall–Kier alpha value is -1.61. The number of rotatable bonds is 7. The van der Waals surface area contributed by atoms with Gasteiger partial charge in [-0.15, -0.1) is 24.0 Å². The topological polar surface area (TPSA) is 65.7 Å². The van der Waals surface area contributed by atoms with Crippen LogP contribution in [0.1, 0.15) is 29.3 Å². The Morgan fingerprint density at radius 3 is 2.71 bits per heavy atom. The maximum Gasteiger partial charge on any atom is 0.214 e. The van der Waals surface area contributed by atoms with Gasteiger partial charge in [-0.05, 0) is 44.7 Å². The third-order valence-electron chi connectivity index (χ3n) is 5.19. The molecule has 6 nitrogen and oxygen atoms in total. The number of benzene rings is 1. The summed E-state index contributed by atoms with van der Waals surface area (Å²) in [7, 11) is 1.79. The van der Waals surface area contributed by atoms with Crippen molar-refractivity contribution in [2.75, 3.05) is 33.2 Å². The summed E-state index contributed by atoms with van der Waals surface area (Å²) < 4.78 is 5.60. The molecule has 2 heterocycles. The number of oxazole rings is 1. The maximum absolute atomic E-state index is 5.60. The minimum atomic E-state index is 0. The molecule has 2 aromatic rings. The van der Waals surface area contributed by atoms with E-state index in [1.165, 1.54) is 18.5 Å². The standard InChI is InChI=1S/C21H31N5O.HI/c1-16-17(2)27-20(25-16)14-24-21(22-3)23-13-19-10-12-26(15-19)11-9-18-7-5-4-6-8-18;/h4-8,19H,9-15H2,1-3H3,(H2,22,23,24);1H. The molecule has 2 N–H and O–H groups in total. The number of likely N-dealkylation sites (tertiary alicyclic amines) is 1. The number of guanidine groups is 1. The summed E-state index contributed by atoms with van der Waals surface area (Å²) >= 11 is 0. The second-order valence-electron chi connectivity index (χ2n) is 7.25. The molecule has 154 valence electrons. The van der Waals surface area contributed by atoms with Crippen molar-refractivity contribution in [2.45, 2.75) is 33.2 Å². The SMILES string of the molecule is CN=C(NCc1nc(C)c(C)o1)NCC1CCN(CCc2ccccc2)C1.I. The van der Waals surface area contributed by atoms with Gasteiger partial charge in [0.15, 0.2) is 5.96 Å². The molecule has 1 aromatic carbocycles. The predicted octanol–water partition coefficient (Wildman–Crippen LogP) is 3.14. The molecule has 0 amide bonds. The number of nitrogens with zero attached hydrogens (tertiary/aromatic N) is 3. The minimum Gasteiger partial charge on any atom is -0.444 e. The van der Waals surface area contributed by atoms with Gasteiger partial charge in [0.25, 0.3) is 0 Å². The van der Waals surface area contributed by atoms with Crippen molar-refractivity contribution in [3.05, 3.63) is 53.2 Å². The smallest absolute Gasteiger partial charge is 0.214 e. The Morgan fingerprint density at radius 1 is 1.25 bits per heavy atom. The first-order chi connectivity index (χ1) is 13.1. The second kappa shape index (κ2) is 11.4. The van der Waals surface area contributed by atoms with Crippen LogP contribution in [-0.2, 0) is 13.0 Å². The van der Waals surface area contributed by atoms with E-state index in [0.717, 1.165) is 43.5 Å². The van der Waals surface area contributed by atoms with E-state index in [-0.39, 0.29) is 24.0 Å². The zero-order valence-corrected chi connectivity index (χ0v) is 19.4. The van der Waals surface area contributed by atoms with Crippen molar-refractivity contribution in [1.29, 1.82) is 0 Å². The van der Waals surface area contributed by atoms with Gasteiger partial charge in [0.05, 0.1) is 12.2 Å². The van der Waals surface area contributed by atoms with Gasteiger partial charge in [0.1, 0.15) is 5.76 Å². The highest BCUT2D eigenvalue weighted by atomic mass is 127. The van der Waals surface area contributed by atoms with Gasteiger partial charge in [-0.1, -0.05) is 30.3 Å². The average Bonchev–Trinajstić information content (AvgIpc) is 3.27. The fraction of sp³-hybridized carbons (Fsp3) is 0.524. The third kappa shape index (κ3) is 6.77. The van der Waals surface area contributed by atoms with Crippen molar-refractivity contribution in [3.8, 4) is 0 Å². The van der Waals surface area contributed by atoms with Crippen LogP contribution in [-0.4, -0.2) is 49.1 Å². The molecule has 28 heavy (non-hydrogen) atoms. The van der Waals surface area contributed by atoms with Crippen LogP contribution in [0, 0.1) is 19.8 Å². The number of halogens is 1. The van der Waals surface area contributed by atoms with Crippen LogP contribution < -0.4 is 10.6 Å². The molecule has 1 saturated heterocycles. The lowest BCUT2D eigenvalue weighted by Crippen LogP contribution is -2.40. The number of aromatic nitrogens is 1. The minimum absolute atomic E-state index is 0. The summed E-state index contributed by atoms with van der Waals surface area (Å²) in [5, 5.41) is 6.72. The lowest BCUT2D eigenvalue weighted by Gasteiger charge is -2.17. The van der Waals surface area contributed by atoms with Crippen LogP contribution in [0.5, 0.6) is 0 Å². The molecule has 0 saturated carbocycles. The highest BCUT2D eigenvalue weighted by Gasteiger charge is 2.22. The number of nitrogens with one attached hydrogen (secondary N) is 2. The van der Waals surface area contributed by atoms with Gasteiger partial charge in [-0.2, -0.15) is 0 Å². The molecule has 0 bridgehead atoms. The number of hydrogen-bond donors (Lipinski definition) is 2. The third-order valence-corrected chi connectivity index (χ3v) is 5.19. The Kier molecular flexibility index (Phi) is 9.24. The molecule has 0 radical (unpaired) electrons. The van der Waals surface area contributed by atoms with Gasteiger partial charge in [0.2, 0.25) is 5.89 Å². The van der Waals surface area contributed by atoms with Crippen molar-refractivity contribution in [3.63, 3.8) is 0 Å². The van der Waals surface area contributed by atoms with Gasteiger partial charge < -0.3 is 20.0 Å². The summed E-state index contributed by atoms with van der Waals surface area (Å²) in [5.74, 6) is 3.02. The molecule has 1 aliphatic heterocycles. The highest BCUT2D eigenvalue weighted by Crippen LogP contribution is 2.16. The predicted molar refractivity (Wildman–Crippen MR) is 124 cm³/mol. The second-order valence-corrected chi connectivity index (χ2v) is 7.25. The summed E-state index contributed by atoms with van der Waals surface area (Å²) in [6.07, 6.45) is 2.36. The van der Waals surface area contributed by atoms with Gasteiger partial charge >= 0.3 is 0 Å². The first-order valence-electron chi connectivity index (χ1n) is 9.77. The van der Waals surface area contributed by atoms with Crippen molar-refractivity contribution < 1.29 is 4.42 Å². The van der Waals surface area contributed by atoms with Gasteiger partial charge in [-0.25, -0.2) is 4.98 Å². The van der Waals surface area contributed by atoms with E-state index < -0.39 is 0 Å². The quantitative estimate of drug-likeness (QED) is 0.350. The fourth-order valence-electron chi connectivity index (χ4n) is 3.45. The molecule has 1 atom stereocenters. The molecule has 0 aliphatic carbocycles. The van der Waals surface area contributed by atoms with Crippen LogP contribution in [0.25, 0.3) is 0 Å². The summed E-state index contributed by atoms with van der Waals surface area (Å²) in [6.45, 7) is 8.83. The molecule has 1 fully saturated rings. The normalized spacial score (nSPS) is 17.4. The van der Waals surface area contributed by atoms with Crippen LogP contribution >= 0.6 is 24.0 Å². The van der Waals surface area contributed by atoms with E-state index in [0.29, 0.717) is 18.4 Å². The van der Waals surface area contributed by atoms with Crippen LogP contribution in [0.4, 0.5) is 0 Å². The summed E-state index contributed by atoms with van der Waals surface area (Å²) in [6, 6.07) is 10.7. The van der Waals surface area contributed by atoms with Gasteiger partial charge in [-0.3, -0.25) is 4.99 Å². The fourth-order valence-corrected chi connectivity index (χ4v) is 3.45. The van der Waals surface area contributed by atoms with Crippen molar-refractivity contribution in [1.82, 2.24) is 20.5 Å². The molecule has 1 aliphatic rings. The van der Waals surface area contributed by atoms with Crippen LogP contribution in [0.15, 0.2) is 39.7 Å². The maximum atomic E-state index is 5.60. The molecular weight excluding hydrogens is 465 g/mol. The average molecular weight is 497 g/mol. The first-order valence-corrected chi connectivity index (χ1v) is 9.77. The molecule has 1 aromatic heterocycles. The monoisotopic (exact) mass is 497 g/mol. The zero-order valence-electron chi connectivity index (χ0n) is 17.1. The lowest BCUT2D eigenvalue weighted by molar-refractivity contribution is 0.328. The molecule has 3 rings (SSSR count). The number of hydrogen-bond acceptors (Lipinski definition) is 4. The Morgan fingerprint density at radius 2 is 2.04 bits per heavy atom. The number of aryl methyl sites for hydroxylation is 2. The first kappa shape index (κ1) is 22.7. The van der Waals surface area contributed by atoms with E-state index in [9.17, 15) is 0 Å². The van der Waals surface area contributed by atoms with Crippen LogP contribution in [0.2, 0.25) is 0 Å². The van der Waals surface area contributed by atoms with Crippen LogP contribution in [0.3, 0.4) is 0 Å². The number of aliphatic imine (C=N–C) groups is 1. The summed E-state index contributed by atoms with van der Waals surface area (Å²) in [5.41, 5.74) is 2.36. The van der Waals surface area contributed by atoms with Crippen molar-refractivity contribution in [2.24, 2.45) is 10.9 Å². The van der Waals surface area contributed by atoms with E-state index in [1.807, 2.05) is 13.8 Å². The Labute approximate surface area is 185 Å². The van der Waals surface area contributed by atoms with Crippen molar-refractivity contribution >= 4 is 29.9 Å². The highest BCUT2D eigenvalue weighted by molar-refractivity contribution is 14.0. The largest absolute Gasteiger partial charge is 0.444 e. The van der Waals surface area contributed by atoms with Gasteiger partial charge in [0, 0.05) is 26.7 Å². The Balaban J connectivity index is 0.00000280. The Bertz CT molecular complexity index is 727. The molecule has 0 spiro atoms. The van der Waals surface area contributed by atoms with E-state index in [4.69, 9.17) is 4.42 Å². The molecule has 7 heteroatoms.